The average molecular weight is 366 g/mol. The number of Topliss-reactive ketones (excluding diaryl/α,β-unsaturated/α-hetero) is 1. The van der Waals surface area contributed by atoms with Crippen LogP contribution in [-0.4, -0.2) is 21.8 Å². The van der Waals surface area contributed by atoms with Crippen molar-refractivity contribution in [1.29, 1.82) is 0 Å². The molecule has 1 amide bonds. The number of aromatic nitrogens is 1. The van der Waals surface area contributed by atoms with Gasteiger partial charge in [-0.25, -0.2) is 4.98 Å². The first-order valence-electron chi connectivity index (χ1n) is 7.89. The summed E-state index contributed by atoms with van der Waals surface area (Å²) in [5.41, 5.74) is 1.74. The molecule has 6 nitrogen and oxygen atoms in total. The molecular formula is C19H14N2O4S. The van der Waals surface area contributed by atoms with Gasteiger partial charge in [0.1, 0.15) is 0 Å². The Bertz CT molecular complexity index is 989. The Balaban J connectivity index is 1.88. The van der Waals surface area contributed by atoms with Gasteiger partial charge in [0.2, 0.25) is 5.78 Å². The van der Waals surface area contributed by atoms with E-state index < -0.39 is 23.5 Å². The van der Waals surface area contributed by atoms with Crippen LogP contribution in [0.4, 0.5) is 5.13 Å². The molecule has 2 aromatic heterocycles. The van der Waals surface area contributed by atoms with Crippen LogP contribution in [0.2, 0.25) is 0 Å². The van der Waals surface area contributed by atoms with Crippen molar-refractivity contribution in [2.75, 3.05) is 4.90 Å². The number of benzene rings is 1. The second-order valence-electron chi connectivity index (χ2n) is 5.87. The molecule has 0 saturated heterocycles. The molecule has 1 aliphatic rings. The Morgan fingerprint density at radius 2 is 2.04 bits per heavy atom. The number of carbonyl (C=O) groups excluding carboxylic acids is 2. The Kier molecular flexibility index (Phi) is 3.93. The largest absolute Gasteiger partial charge is 0.503 e. The molecule has 0 aliphatic carbocycles. The van der Waals surface area contributed by atoms with Crippen LogP contribution in [0, 0.1) is 6.92 Å². The molecule has 1 unspecified atom stereocenters. The summed E-state index contributed by atoms with van der Waals surface area (Å²) in [4.78, 5) is 31.2. The van der Waals surface area contributed by atoms with E-state index in [1.54, 1.807) is 17.6 Å². The zero-order valence-corrected chi connectivity index (χ0v) is 14.6. The van der Waals surface area contributed by atoms with E-state index in [0.717, 1.165) is 5.56 Å². The SMILES string of the molecule is Cc1ccc(C2C(C(=O)c3ccco3)=C(O)C(=O)N2c2nccs2)cc1. The third-order valence-corrected chi connectivity index (χ3v) is 4.99. The van der Waals surface area contributed by atoms with Crippen molar-refractivity contribution in [2.24, 2.45) is 0 Å². The normalized spacial score (nSPS) is 17.2. The first-order chi connectivity index (χ1) is 12.6. The number of aliphatic hydroxyl groups excluding tert-OH is 1. The third kappa shape index (κ3) is 2.53. The van der Waals surface area contributed by atoms with Crippen molar-refractivity contribution < 1.29 is 19.1 Å². The third-order valence-electron chi connectivity index (χ3n) is 4.22. The van der Waals surface area contributed by atoms with Crippen molar-refractivity contribution in [2.45, 2.75) is 13.0 Å². The molecule has 1 aliphatic heterocycles. The molecule has 1 atom stereocenters. The summed E-state index contributed by atoms with van der Waals surface area (Å²) < 4.78 is 5.18. The number of aryl methyl sites for hydroxylation is 1. The van der Waals surface area contributed by atoms with Crippen molar-refractivity contribution in [3.63, 3.8) is 0 Å². The Labute approximate surface area is 153 Å². The number of furan rings is 1. The number of hydrogen-bond acceptors (Lipinski definition) is 6. The van der Waals surface area contributed by atoms with Crippen LogP contribution in [0.5, 0.6) is 0 Å². The average Bonchev–Trinajstić information content (AvgIpc) is 3.38. The molecule has 26 heavy (non-hydrogen) atoms. The van der Waals surface area contributed by atoms with E-state index in [0.29, 0.717) is 10.7 Å². The van der Waals surface area contributed by atoms with Gasteiger partial charge < -0.3 is 9.52 Å². The highest BCUT2D eigenvalue weighted by Crippen LogP contribution is 2.42. The smallest absolute Gasteiger partial charge is 0.296 e. The summed E-state index contributed by atoms with van der Waals surface area (Å²) in [5.74, 6) is -1.68. The van der Waals surface area contributed by atoms with Gasteiger partial charge in [0.05, 0.1) is 17.9 Å². The minimum absolute atomic E-state index is 0.0102. The van der Waals surface area contributed by atoms with Gasteiger partial charge in [0.25, 0.3) is 5.91 Å². The lowest BCUT2D eigenvalue weighted by Crippen LogP contribution is -2.30. The minimum Gasteiger partial charge on any atom is -0.503 e. The fourth-order valence-electron chi connectivity index (χ4n) is 2.97. The topological polar surface area (TPSA) is 83.6 Å². The van der Waals surface area contributed by atoms with Gasteiger partial charge >= 0.3 is 0 Å². The van der Waals surface area contributed by atoms with E-state index >= 15 is 0 Å². The second kappa shape index (κ2) is 6.27. The minimum atomic E-state index is -0.771. The number of nitrogens with zero attached hydrogens (tertiary/aromatic N) is 2. The van der Waals surface area contributed by atoms with Gasteiger partial charge in [-0.3, -0.25) is 14.5 Å². The van der Waals surface area contributed by atoms with Crippen LogP contribution in [0.25, 0.3) is 0 Å². The number of ketones is 1. The molecule has 0 radical (unpaired) electrons. The zero-order chi connectivity index (χ0) is 18.3. The summed E-state index contributed by atoms with van der Waals surface area (Å²) >= 11 is 1.26. The standard InChI is InChI=1S/C19H14N2O4S/c1-11-4-6-12(7-5-11)15-14(16(22)13-3-2-9-25-13)17(23)18(24)21(15)19-20-8-10-26-19/h2-10,15,23H,1H3. The Morgan fingerprint density at radius 1 is 1.27 bits per heavy atom. The van der Waals surface area contributed by atoms with Gasteiger partial charge in [-0.05, 0) is 24.6 Å². The predicted octanol–water partition coefficient (Wildman–Crippen LogP) is 3.83. The van der Waals surface area contributed by atoms with Crippen molar-refractivity contribution in [3.8, 4) is 0 Å². The quantitative estimate of drug-likeness (QED) is 0.710. The van der Waals surface area contributed by atoms with Crippen LogP contribution in [-0.2, 0) is 4.79 Å². The number of aliphatic hydroxyl groups is 1. The van der Waals surface area contributed by atoms with Gasteiger partial charge in [0, 0.05) is 11.6 Å². The molecule has 0 saturated carbocycles. The molecule has 1 N–H and O–H groups in total. The van der Waals surface area contributed by atoms with Crippen molar-refractivity contribution in [1.82, 2.24) is 4.98 Å². The number of thiazole rings is 1. The number of rotatable bonds is 4. The van der Waals surface area contributed by atoms with Crippen LogP contribution >= 0.6 is 11.3 Å². The molecule has 7 heteroatoms. The summed E-state index contributed by atoms with van der Waals surface area (Å²) in [7, 11) is 0. The molecular weight excluding hydrogens is 352 g/mol. The first-order valence-corrected chi connectivity index (χ1v) is 8.77. The molecule has 0 spiro atoms. The van der Waals surface area contributed by atoms with E-state index in [4.69, 9.17) is 4.42 Å². The first kappa shape index (κ1) is 16.3. The molecule has 1 aromatic carbocycles. The van der Waals surface area contributed by atoms with E-state index in [1.807, 2.05) is 31.2 Å². The number of anilines is 1. The highest BCUT2D eigenvalue weighted by Gasteiger charge is 2.46. The Morgan fingerprint density at radius 3 is 2.65 bits per heavy atom. The number of carbonyl (C=O) groups is 2. The molecule has 4 rings (SSSR count). The van der Waals surface area contributed by atoms with Gasteiger partial charge in [-0.15, -0.1) is 11.3 Å². The summed E-state index contributed by atoms with van der Waals surface area (Å²) in [6.45, 7) is 1.95. The summed E-state index contributed by atoms with van der Waals surface area (Å²) in [6, 6.07) is 9.77. The monoisotopic (exact) mass is 366 g/mol. The van der Waals surface area contributed by atoms with Gasteiger partial charge in [-0.1, -0.05) is 29.8 Å². The maximum atomic E-state index is 12.9. The fourth-order valence-corrected chi connectivity index (χ4v) is 3.64. The summed E-state index contributed by atoms with van der Waals surface area (Å²) in [5, 5.41) is 12.6. The molecule has 0 fully saturated rings. The van der Waals surface area contributed by atoms with Gasteiger partial charge in [0.15, 0.2) is 16.7 Å². The lowest BCUT2D eigenvalue weighted by molar-refractivity contribution is -0.117. The predicted molar refractivity (Wildman–Crippen MR) is 96.2 cm³/mol. The van der Waals surface area contributed by atoms with Crippen LogP contribution in [0.15, 0.2) is 70.0 Å². The zero-order valence-electron chi connectivity index (χ0n) is 13.7. The maximum absolute atomic E-state index is 12.9. The summed E-state index contributed by atoms with van der Waals surface area (Å²) in [6.07, 6.45) is 2.95. The lowest BCUT2D eigenvalue weighted by atomic mass is 9.95. The van der Waals surface area contributed by atoms with Crippen LogP contribution < -0.4 is 4.90 Å². The molecule has 0 bridgehead atoms. The highest BCUT2D eigenvalue weighted by molar-refractivity contribution is 7.13. The van der Waals surface area contributed by atoms with E-state index in [2.05, 4.69) is 4.98 Å². The second-order valence-corrected chi connectivity index (χ2v) is 6.74. The maximum Gasteiger partial charge on any atom is 0.296 e. The fraction of sp³-hybridized carbons (Fsp3) is 0.105. The van der Waals surface area contributed by atoms with E-state index in [-0.39, 0.29) is 11.3 Å². The Hall–Kier alpha value is -3.19. The molecule has 130 valence electrons. The van der Waals surface area contributed by atoms with Crippen LogP contribution in [0.1, 0.15) is 27.7 Å². The number of hydrogen-bond donors (Lipinski definition) is 1. The van der Waals surface area contributed by atoms with E-state index in [1.165, 1.54) is 28.6 Å². The molecule has 3 heterocycles. The van der Waals surface area contributed by atoms with E-state index in [9.17, 15) is 14.7 Å². The highest BCUT2D eigenvalue weighted by atomic mass is 32.1. The number of amides is 1. The van der Waals surface area contributed by atoms with Crippen molar-refractivity contribution in [3.05, 3.63) is 82.5 Å². The van der Waals surface area contributed by atoms with Crippen molar-refractivity contribution >= 4 is 28.2 Å². The lowest BCUT2D eigenvalue weighted by Gasteiger charge is -2.24. The van der Waals surface area contributed by atoms with Gasteiger partial charge in [-0.2, -0.15) is 0 Å². The van der Waals surface area contributed by atoms with Crippen LogP contribution in [0.3, 0.4) is 0 Å². The molecule has 3 aromatic rings.